The molecule has 10 heteroatoms. The summed E-state index contributed by atoms with van der Waals surface area (Å²) in [5, 5.41) is 18.0. The van der Waals surface area contributed by atoms with Crippen LogP contribution in [0.4, 0.5) is 10.5 Å². The molecule has 1 aliphatic rings. The van der Waals surface area contributed by atoms with E-state index >= 15 is 0 Å². The number of anilines is 1. The third-order valence-corrected chi connectivity index (χ3v) is 4.44. The Morgan fingerprint density at radius 3 is 2.54 bits per heavy atom. The molecule has 28 heavy (non-hydrogen) atoms. The van der Waals surface area contributed by atoms with Crippen LogP contribution < -0.4 is 15.1 Å². The fourth-order valence-corrected chi connectivity index (χ4v) is 2.96. The van der Waals surface area contributed by atoms with Gasteiger partial charge in [0, 0.05) is 0 Å². The summed E-state index contributed by atoms with van der Waals surface area (Å²) in [6, 6.07) is 2.47. The van der Waals surface area contributed by atoms with Crippen LogP contribution in [0.3, 0.4) is 0 Å². The number of ether oxygens (including phenoxy) is 1. The van der Waals surface area contributed by atoms with Crippen molar-refractivity contribution in [3.8, 4) is 17.5 Å². The van der Waals surface area contributed by atoms with Gasteiger partial charge in [-0.05, 0) is 25.0 Å². The number of urea groups is 1. The van der Waals surface area contributed by atoms with E-state index in [1.165, 1.54) is 18.3 Å². The number of amides is 2. The lowest BCUT2D eigenvalue weighted by atomic mass is 10.1. The number of aromatic hydroxyl groups is 1. The molecule has 0 atom stereocenters. The van der Waals surface area contributed by atoms with Gasteiger partial charge in [0.2, 0.25) is 0 Å². The molecule has 0 radical (unpaired) electrons. The summed E-state index contributed by atoms with van der Waals surface area (Å²) >= 11 is 12.6. The number of carbonyl (C=O) groups excluding carboxylic acids is 1. The number of halogens is 2. The van der Waals surface area contributed by atoms with Gasteiger partial charge in [0.05, 0.1) is 39.0 Å². The molecule has 0 aliphatic carbocycles. The van der Waals surface area contributed by atoms with Crippen molar-refractivity contribution in [3.05, 3.63) is 46.3 Å². The first-order valence-corrected chi connectivity index (χ1v) is 9.01. The summed E-state index contributed by atoms with van der Waals surface area (Å²) in [5.74, 6) is 0.0583. The van der Waals surface area contributed by atoms with Crippen LogP contribution in [0.5, 0.6) is 17.5 Å². The number of nitrogens with zero attached hydrogens (tertiary/aromatic N) is 4. The molecule has 1 aromatic carbocycles. The van der Waals surface area contributed by atoms with Crippen LogP contribution in [0, 0.1) is 0 Å². The number of nitrogens with one attached hydrogen (secondary N) is 1. The van der Waals surface area contributed by atoms with E-state index in [1.54, 1.807) is 6.92 Å². The minimum Gasteiger partial charge on any atom is -0.504 e. The largest absolute Gasteiger partial charge is 0.504 e. The van der Waals surface area contributed by atoms with Crippen molar-refractivity contribution in [1.29, 1.82) is 0 Å². The minimum absolute atomic E-state index is 0.0149. The lowest BCUT2D eigenvalue weighted by Crippen LogP contribution is -2.42. The van der Waals surface area contributed by atoms with Crippen molar-refractivity contribution in [2.75, 3.05) is 5.01 Å². The highest BCUT2D eigenvalue weighted by molar-refractivity contribution is 6.37. The first-order chi connectivity index (χ1) is 13.2. The van der Waals surface area contributed by atoms with Gasteiger partial charge in [-0.25, -0.2) is 4.79 Å². The second kappa shape index (κ2) is 7.65. The van der Waals surface area contributed by atoms with E-state index in [9.17, 15) is 9.90 Å². The average Bonchev–Trinajstić information content (AvgIpc) is 2.62. The van der Waals surface area contributed by atoms with E-state index in [4.69, 9.17) is 27.9 Å². The topological polar surface area (TPSA) is 99.9 Å². The summed E-state index contributed by atoms with van der Waals surface area (Å²) in [4.78, 5) is 20.3. The van der Waals surface area contributed by atoms with E-state index in [-0.39, 0.29) is 33.5 Å². The zero-order valence-electron chi connectivity index (χ0n) is 15.3. The third-order valence-electron chi connectivity index (χ3n) is 3.88. The lowest BCUT2D eigenvalue weighted by Gasteiger charge is -2.25. The predicted octanol–water partition coefficient (Wildman–Crippen LogP) is 4.82. The SMILES string of the molecule is C=C1NC(=O)N(c2cc(Cl)c(Oc3ncc(O)c(C(C)C)n3)c(Cl)c2)N=C1C. The quantitative estimate of drug-likeness (QED) is 0.736. The molecule has 0 spiro atoms. The van der Waals surface area contributed by atoms with Gasteiger partial charge in [-0.2, -0.15) is 20.1 Å². The molecule has 2 heterocycles. The van der Waals surface area contributed by atoms with Gasteiger partial charge in [-0.1, -0.05) is 43.6 Å². The molecule has 3 rings (SSSR count). The molecule has 2 N–H and O–H groups in total. The zero-order valence-corrected chi connectivity index (χ0v) is 16.8. The van der Waals surface area contributed by atoms with Crippen molar-refractivity contribution in [2.45, 2.75) is 26.7 Å². The van der Waals surface area contributed by atoms with Crippen LogP contribution in [0.25, 0.3) is 0 Å². The number of carbonyl (C=O) groups is 1. The molecule has 1 aromatic heterocycles. The van der Waals surface area contributed by atoms with Crippen molar-refractivity contribution < 1.29 is 14.6 Å². The highest BCUT2D eigenvalue weighted by Crippen LogP contribution is 2.40. The molecule has 2 aromatic rings. The maximum atomic E-state index is 12.2. The Bertz CT molecular complexity index is 984. The van der Waals surface area contributed by atoms with E-state index < -0.39 is 6.03 Å². The van der Waals surface area contributed by atoms with Gasteiger partial charge >= 0.3 is 12.0 Å². The molecule has 2 amide bonds. The summed E-state index contributed by atoms with van der Waals surface area (Å²) < 4.78 is 5.63. The van der Waals surface area contributed by atoms with Gasteiger partial charge in [0.25, 0.3) is 0 Å². The van der Waals surface area contributed by atoms with Crippen molar-refractivity contribution in [1.82, 2.24) is 15.3 Å². The highest BCUT2D eigenvalue weighted by atomic mass is 35.5. The van der Waals surface area contributed by atoms with Gasteiger partial charge in [0.1, 0.15) is 0 Å². The van der Waals surface area contributed by atoms with Crippen molar-refractivity contribution in [2.24, 2.45) is 5.10 Å². The van der Waals surface area contributed by atoms with Gasteiger partial charge in [-0.3, -0.25) is 0 Å². The first kappa shape index (κ1) is 19.9. The Morgan fingerprint density at radius 1 is 1.29 bits per heavy atom. The molecular formula is C18H17Cl2N5O3. The van der Waals surface area contributed by atoms with Gasteiger partial charge < -0.3 is 15.2 Å². The summed E-state index contributed by atoms with van der Waals surface area (Å²) in [7, 11) is 0. The Kier molecular flexibility index (Phi) is 5.44. The van der Waals surface area contributed by atoms with Crippen LogP contribution in [0.1, 0.15) is 32.4 Å². The van der Waals surface area contributed by atoms with Crippen LogP contribution >= 0.6 is 23.2 Å². The summed E-state index contributed by atoms with van der Waals surface area (Å²) in [6.07, 6.45) is 1.25. The highest BCUT2D eigenvalue weighted by Gasteiger charge is 2.24. The molecular weight excluding hydrogens is 405 g/mol. The summed E-state index contributed by atoms with van der Waals surface area (Å²) in [6.45, 7) is 9.17. The summed E-state index contributed by atoms with van der Waals surface area (Å²) in [5.41, 5.74) is 1.75. The van der Waals surface area contributed by atoms with Gasteiger partial charge in [0.15, 0.2) is 11.5 Å². The second-order valence-electron chi connectivity index (χ2n) is 6.32. The number of hydrazone groups is 1. The predicted molar refractivity (Wildman–Crippen MR) is 108 cm³/mol. The fourth-order valence-electron chi connectivity index (χ4n) is 2.41. The molecule has 0 fully saturated rings. The smallest absolute Gasteiger partial charge is 0.347 e. The standard InChI is InChI=1S/C18H17Cl2N5O3/c1-8(2)15-14(26)7-21-17(23-15)28-16-12(19)5-11(6-13(16)20)25-18(27)22-9(3)10(4)24-25/h5-8,26H,3H2,1-2,4H3,(H,22,27). The normalized spacial score (nSPS) is 14.2. The number of aromatic nitrogens is 2. The molecule has 0 bridgehead atoms. The number of hydrogen-bond donors (Lipinski definition) is 2. The minimum atomic E-state index is -0.486. The average molecular weight is 422 g/mol. The number of hydrogen-bond acceptors (Lipinski definition) is 6. The number of allylic oxidation sites excluding steroid dienone is 1. The first-order valence-electron chi connectivity index (χ1n) is 8.25. The van der Waals surface area contributed by atoms with Crippen LogP contribution in [-0.2, 0) is 0 Å². The van der Waals surface area contributed by atoms with E-state index in [1.807, 2.05) is 13.8 Å². The van der Waals surface area contributed by atoms with E-state index in [2.05, 4.69) is 27.0 Å². The molecule has 8 nitrogen and oxygen atoms in total. The maximum Gasteiger partial charge on any atom is 0.347 e. The van der Waals surface area contributed by atoms with Gasteiger partial charge in [-0.15, -0.1) is 0 Å². The van der Waals surface area contributed by atoms with Crippen LogP contribution in [0.2, 0.25) is 10.0 Å². The second-order valence-corrected chi connectivity index (χ2v) is 7.14. The van der Waals surface area contributed by atoms with Crippen LogP contribution in [0.15, 0.2) is 35.7 Å². The Balaban J connectivity index is 1.94. The van der Waals surface area contributed by atoms with E-state index in [0.717, 1.165) is 5.01 Å². The Labute approximate surface area is 171 Å². The lowest BCUT2D eigenvalue weighted by molar-refractivity contribution is 0.248. The van der Waals surface area contributed by atoms with Crippen LogP contribution in [-0.4, -0.2) is 26.8 Å². The molecule has 1 aliphatic heterocycles. The van der Waals surface area contributed by atoms with Crippen molar-refractivity contribution >= 4 is 40.6 Å². The molecule has 0 saturated carbocycles. The number of rotatable bonds is 4. The monoisotopic (exact) mass is 421 g/mol. The van der Waals surface area contributed by atoms with Crippen molar-refractivity contribution in [3.63, 3.8) is 0 Å². The zero-order chi connectivity index (χ0) is 20.6. The molecule has 0 saturated heterocycles. The Hall–Kier alpha value is -2.84. The molecule has 146 valence electrons. The fraction of sp³-hybridized carbons (Fsp3) is 0.222. The van der Waals surface area contributed by atoms with E-state index in [0.29, 0.717) is 22.8 Å². The maximum absolute atomic E-state index is 12.2. The Morgan fingerprint density at radius 2 is 1.93 bits per heavy atom. The third kappa shape index (κ3) is 3.88. The number of benzene rings is 1. The molecule has 0 unspecified atom stereocenters.